The highest BCUT2D eigenvalue weighted by Crippen LogP contribution is 2.25. The minimum atomic E-state index is -3.72. The first-order valence-corrected chi connectivity index (χ1v) is 9.86. The lowest BCUT2D eigenvalue weighted by atomic mass is 10.2. The summed E-state index contributed by atoms with van der Waals surface area (Å²) in [5.41, 5.74) is 0.704. The minimum Gasteiger partial charge on any atom is -0.487 e. The fourth-order valence-electron chi connectivity index (χ4n) is 1.78. The summed E-state index contributed by atoms with van der Waals surface area (Å²) >= 11 is 1.22. The van der Waals surface area contributed by atoms with Crippen molar-refractivity contribution >= 4 is 33.2 Å². The predicted octanol–water partition coefficient (Wildman–Crippen LogP) is 3.45. The second-order valence-electron chi connectivity index (χ2n) is 5.40. The van der Waals surface area contributed by atoms with E-state index in [2.05, 4.69) is 26.6 Å². The Bertz CT molecular complexity index is 856. The molecule has 9 heteroatoms. The molecule has 0 atom stereocenters. The molecule has 1 aromatic carbocycles. The molecule has 1 aromatic heterocycles. The number of rotatable bonds is 8. The van der Waals surface area contributed by atoms with Crippen LogP contribution in [0.2, 0.25) is 0 Å². The lowest BCUT2D eigenvalue weighted by Gasteiger charge is -2.08. The molecule has 0 aliphatic heterocycles. The molecule has 0 fully saturated rings. The maximum Gasteiger partial charge on any atom is 0.263 e. The van der Waals surface area contributed by atoms with Gasteiger partial charge in [-0.25, -0.2) is 8.42 Å². The highest BCUT2D eigenvalue weighted by Gasteiger charge is 2.17. The number of aromatic nitrogens is 2. The molecule has 0 saturated heterocycles. The highest BCUT2D eigenvalue weighted by atomic mass is 32.2. The average Bonchev–Trinajstić information content (AvgIpc) is 3.04. The summed E-state index contributed by atoms with van der Waals surface area (Å²) in [7, 11) is -3.72. The van der Waals surface area contributed by atoms with Gasteiger partial charge in [-0.3, -0.25) is 9.71 Å². The molecule has 0 amide bonds. The van der Waals surface area contributed by atoms with Crippen LogP contribution in [0.3, 0.4) is 0 Å². The zero-order chi connectivity index (χ0) is 18.4. The van der Waals surface area contributed by atoms with Gasteiger partial charge in [-0.1, -0.05) is 31.3 Å². The van der Waals surface area contributed by atoms with Crippen molar-refractivity contribution in [2.45, 2.75) is 31.6 Å². The Balaban J connectivity index is 2.07. The number of aliphatic imine (C=N–C) groups is 1. The molecule has 25 heavy (non-hydrogen) atoms. The number of nitrogens with one attached hydrogen (secondary N) is 1. The first kappa shape index (κ1) is 19.1. The van der Waals surface area contributed by atoms with Crippen LogP contribution in [0.25, 0.3) is 0 Å². The molecule has 2 aromatic rings. The monoisotopic (exact) mass is 380 g/mol. The quantitative estimate of drug-likeness (QED) is 0.708. The van der Waals surface area contributed by atoms with Crippen LogP contribution >= 0.6 is 11.3 Å². The smallest absolute Gasteiger partial charge is 0.263 e. The Kier molecular flexibility index (Phi) is 6.27. The number of nitrogens with zero attached hydrogens (tertiary/aromatic N) is 3. The van der Waals surface area contributed by atoms with Crippen molar-refractivity contribution in [3.8, 4) is 5.75 Å². The molecule has 0 spiro atoms. The van der Waals surface area contributed by atoms with Crippen LogP contribution in [0.5, 0.6) is 5.75 Å². The summed E-state index contributed by atoms with van der Waals surface area (Å²) in [6.07, 6.45) is 1.79. The average molecular weight is 380 g/mol. The number of benzene rings is 1. The number of ether oxygens (including phenoxy) is 1. The standard InChI is InChI=1S/C16H20N4O3S2/c1-5-12(17-4)10-23-13-6-8-14(9-7-13)25(21,22)20-16-19-18-15(24-16)11(2)3/h5-9,11H,4,10H2,1-3H3,(H,19,20)/b12-5-. The fourth-order valence-corrected chi connectivity index (χ4v) is 3.75. The van der Waals surface area contributed by atoms with E-state index >= 15 is 0 Å². The lowest BCUT2D eigenvalue weighted by Crippen LogP contribution is -2.12. The van der Waals surface area contributed by atoms with Gasteiger partial charge in [-0.05, 0) is 37.9 Å². The fraction of sp³-hybridized carbons (Fsp3) is 0.312. The van der Waals surface area contributed by atoms with Crippen LogP contribution in [0.1, 0.15) is 31.7 Å². The van der Waals surface area contributed by atoms with E-state index in [1.54, 1.807) is 18.2 Å². The van der Waals surface area contributed by atoms with Crippen LogP contribution in [0.4, 0.5) is 5.13 Å². The normalized spacial score (nSPS) is 12.2. The zero-order valence-corrected chi connectivity index (χ0v) is 15.9. The molecule has 0 saturated carbocycles. The molecule has 134 valence electrons. The molecule has 1 heterocycles. The molecule has 0 radical (unpaired) electrons. The van der Waals surface area contributed by atoms with E-state index in [4.69, 9.17) is 4.74 Å². The Labute approximate surface area is 151 Å². The van der Waals surface area contributed by atoms with Crippen LogP contribution in [-0.4, -0.2) is 31.9 Å². The summed E-state index contributed by atoms with van der Waals surface area (Å²) < 4.78 is 32.8. The lowest BCUT2D eigenvalue weighted by molar-refractivity contribution is 0.350. The van der Waals surface area contributed by atoms with Crippen molar-refractivity contribution in [2.24, 2.45) is 4.99 Å². The van der Waals surface area contributed by atoms with E-state index in [1.807, 2.05) is 20.8 Å². The molecule has 2 rings (SSSR count). The van der Waals surface area contributed by atoms with Gasteiger partial charge >= 0.3 is 0 Å². The third-order valence-corrected chi connectivity index (χ3v) is 5.84. The molecule has 0 aliphatic rings. The maximum atomic E-state index is 12.4. The van der Waals surface area contributed by atoms with Crippen LogP contribution in [0.15, 0.2) is 45.9 Å². The van der Waals surface area contributed by atoms with Crippen molar-refractivity contribution in [1.29, 1.82) is 0 Å². The minimum absolute atomic E-state index is 0.120. The second kappa shape index (κ2) is 8.21. The van der Waals surface area contributed by atoms with Gasteiger partial charge in [0.05, 0.1) is 10.6 Å². The number of hydrogen-bond donors (Lipinski definition) is 1. The first-order valence-electron chi connectivity index (χ1n) is 7.56. The van der Waals surface area contributed by atoms with Crippen molar-refractivity contribution < 1.29 is 13.2 Å². The number of anilines is 1. The van der Waals surface area contributed by atoms with E-state index in [9.17, 15) is 8.42 Å². The first-order chi connectivity index (χ1) is 11.9. The topological polar surface area (TPSA) is 93.5 Å². The van der Waals surface area contributed by atoms with Crippen molar-refractivity contribution in [3.05, 3.63) is 41.0 Å². The SMILES string of the molecule is C=N/C(=C\C)COc1ccc(S(=O)(=O)Nc2nnc(C(C)C)s2)cc1. The molecule has 7 nitrogen and oxygen atoms in total. The van der Waals surface area contributed by atoms with Crippen LogP contribution < -0.4 is 9.46 Å². The van der Waals surface area contributed by atoms with Gasteiger partial charge in [0, 0.05) is 5.92 Å². The van der Waals surface area contributed by atoms with Crippen molar-refractivity contribution in [2.75, 3.05) is 11.3 Å². The van der Waals surface area contributed by atoms with Crippen LogP contribution in [0, 0.1) is 0 Å². The molecular formula is C16H20N4O3S2. The van der Waals surface area contributed by atoms with E-state index < -0.39 is 10.0 Å². The van der Waals surface area contributed by atoms with Gasteiger partial charge in [-0.2, -0.15) is 0 Å². The Hall–Kier alpha value is -2.26. The number of sulfonamides is 1. The van der Waals surface area contributed by atoms with Crippen molar-refractivity contribution in [3.63, 3.8) is 0 Å². The third kappa shape index (κ3) is 5.10. The summed E-state index contributed by atoms with van der Waals surface area (Å²) in [5.74, 6) is 0.735. The van der Waals surface area contributed by atoms with Gasteiger partial charge in [-0.15, -0.1) is 10.2 Å². The summed E-state index contributed by atoms with van der Waals surface area (Å²) in [6.45, 7) is 9.50. The molecule has 0 unspecified atom stereocenters. The van der Waals surface area contributed by atoms with Gasteiger partial charge in [0.25, 0.3) is 10.0 Å². The summed E-state index contributed by atoms with van der Waals surface area (Å²) in [4.78, 5) is 3.93. The number of hydrogen-bond acceptors (Lipinski definition) is 7. The molecule has 0 bridgehead atoms. The van der Waals surface area contributed by atoms with E-state index in [-0.39, 0.29) is 22.6 Å². The van der Waals surface area contributed by atoms with E-state index in [1.165, 1.54) is 23.5 Å². The Morgan fingerprint density at radius 3 is 2.56 bits per heavy atom. The van der Waals surface area contributed by atoms with Gasteiger partial charge in [0.15, 0.2) is 0 Å². The third-order valence-electron chi connectivity index (χ3n) is 3.21. The van der Waals surface area contributed by atoms with E-state index in [0.717, 1.165) is 5.01 Å². The Morgan fingerprint density at radius 2 is 2.04 bits per heavy atom. The molecular weight excluding hydrogens is 360 g/mol. The zero-order valence-electron chi connectivity index (χ0n) is 14.3. The predicted molar refractivity (Wildman–Crippen MR) is 100 cm³/mol. The van der Waals surface area contributed by atoms with Crippen LogP contribution in [-0.2, 0) is 10.0 Å². The second-order valence-corrected chi connectivity index (χ2v) is 8.10. The van der Waals surface area contributed by atoms with Gasteiger partial charge in [0.1, 0.15) is 17.4 Å². The molecule has 0 aliphatic carbocycles. The summed E-state index contributed by atoms with van der Waals surface area (Å²) in [5, 5.41) is 8.86. The molecule has 1 N–H and O–H groups in total. The van der Waals surface area contributed by atoms with Crippen molar-refractivity contribution in [1.82, 2.24) is 10.2 Å². The summed E-state index contributed by atoms with van der Waals surface area (Å²) in [6, 6.07) is 6.12. The van der Waals surface area contributed by atoms with E-state index in [0.29, 0.717) is 11.4 Å². The van der Waals surface area contributed by atoms with Gasteiger partial charge in [0.2, 0.25) is 5.13 Å². The number of allylic oxidation sites excluding steroid dienone is 1. The maximum absolute atomic E-state index is 12.4. The largest absolute Gasteiger partial charge is 0.487 e. The van der Waals surface area contributed by atoms with Gasteiger partial charge < -0.3 is 4.74 Å². The Morgan fingerprint density at radius 1 is 1.36 bits per heavy atom. The highest BCUT2D eigenvalue weighted by molar-refractivity contribution is 7.93.